The highest BCUT2D eigenvalue weighted by Gasteiger charge is 2.56. The van der Waals surface area contributed by atoms with Crippen LogP contribution in [0, 0.1) is 5.82 Å². The van der Waals surface area contributed by atoms with Gasteiger partial charge in [0.2, 0.25) is 5.60 Å². The number of carbonyl (C=O) groups excluding carboxylic acids is 1. The van der Waals surface area contributed by atoms with Gasteiger partial charge in [0.15, 0.2) is 5.78 Å². The molecule has 1 unspecified atom stereocenters. The van der Waals surface area contributed by atoms with E-state index in [0.29, 0.717) is 12.1 Å². The van der Waals surface area contributed by atoms with Crippen LogP contribution in [0.5, 0.6) is 5.75 Å². The third-order valence-electron chi connectivity index (χ3n) is 5.83. The zero-order valence-electron chi connectivity index (χ0n) is 18.4. The Kier molecular flexibility index (Phi) is 6.66. The summed E-state index contributed by atoms with van der Waals surface area (Å²) in [6.07, 6.45) is -4.39. The largest absolute Gasteiger partial charge is 0.494 e. The van der Waals surface area contributed by atoms with Crippen molar-refractivity contribution < 1.29 is 32.2 Å². The van der Waals surface area contributed by atoms with Crippen LogP contribution in [0.3, 0.4) is 0 Å². The molecule has 10 heteroatoms. The molecule has 0 fully saturated rings. The third-order valence-corrected chi connectivity index (χ3v) is 6.12. The molecule has 0 saturated heterocycles. The second-order valence-electron chi connectivity index (χ2n) is 8.02. The van der Waals surface area contributed by atoms with Crippen molar-refractivity contribution in [2.45, 2.75) is 31.0 Å². The first-order chi connectivity index (χ1) is 16.5. The molecule has 1 N–H and O–H groups in total. The number of ether oxygens (including phenoxy) is 1. The molecule has 0 radical (unpaired) electrons. The minimum atomic E-state index is -5.14. The Bertz CT molecular complexity index is 1330. The highest BCUT2D eigenvalue weighted by molar-refractivity contribution is 6.31. The second kappa shape index (κ2) is 9.39. The summed E-state index contributed by atoms with van der Waals surface area (Å²) < 4.78 is 61.2. The Morgan fingerprint density at radius 1 is 1.14 bits per heavy atom. The van der Waals surface area contributed by atoms with Gasteiger partial charge in [-0.05, 0) is 48.4 Å². The van der Waals surface area contributed by atoms with Crippen LogP contribution >= 0.6 is 11.6 Å². The van der Waals surface area contributed by atoms with Crippen LogP contribution in [0.15, 0.2) is 53.5 Å². The van der Waals surface area contributed by atoms with E-state index in [1.165, 1.54) is 37.4 Å². The van der Waals surface area contributed by atoms with Crippen molar-refractivity contribution in [3.05, 3.63) is 76.2 Å². The number of aromatic nitrogens is 1. The van der Waals surface area contributed by atoms with Gasteiger partial charge in [-0.3, -0.25) is 9.79 Å². The number of benzene rings is 2. The van der Waals surface area contributed by atoms with Crippen molar-refractivity contribution in [2.24, 2.45) is 4.99 Å². The minimum Gasteiger partial charge on any atom is -0.494 e. The third kappa shape index (κ3) is 4.78. The fraction of sp³-hybridized carbons (Fsp3) is 0.240. The summed E-state index contributed by atoms with van der Waals surface area (Å²) in [6, 6.07) is 10.5. The van der Waals surface area contributed by atoms with Crippen LogP contribution in [0.4, 0.5) is 23.2 Å². The van der Waals surface area contributed by atoms with Crippen molar-refractivity contribution in [1.82, 2.24) is 4.98 Å². The van der Waals surface area contributed by atoms with Crippen LogP contribution in [0.25, 0.3) is 11.3 Å². The maximum absolute atomic E-state index is 14.1. The maximum Gasteiger partial charge on any atom is 0.422 e. The second-order valence-corrected chi connectivity index (χ2v) is 8.42. The first kappa shape index (κ1) is 24.8. The smallest absolute Gasteiger partial charge is 0.422 e. The van der Waals surface area contributed by atoms with Gasteiger partial charge in [-0.2, -0.15) is 13.2 Å². The molecule has 0 saturated carbocycles. The predicted octanol–water partition coefficient (Wildman–Crippen LogP) is 6.22. The number of carbonyl (C=O) groups is 1. The number of Topliss-reactive ketones (excluding diaryl/α,β-unsaturated/α-hetero) is 1. The number of hydrogen-bond acceptors (Lipinski definition) is 5. The number of hydrogen-bond donors (Lipinski definition) is 1. The molecule has 1 aliphatic rings. The average molecular weight is 507 g/mol. The standard InChI is InChI=1S/C25H19ClF4N2O3/c1-35-21-6-7-22(32-23(21)16-4-5-18(27)17(26)12-16)24(34,25(28,29)30)10-8-20(33)15-3-2-14-9-11-31-19(14)13-15/h2-7,11-13,34H,8-10H2,1H3. The van der Waals surface area contributed by atoms with Crippen LogP contribution < -0.4 is 4.74 Å². The summed E-state index contributed by atoms with van der Waals surface area (Å²) in [5, 5.41) is 10.6. The monoisotopic (exact) mass is 506 g/mol. The van der Waals surface area contributed by atoms with Gasteiger partial charge >= 0.3 is 6.18 Å². The molecule has 35 heavy (non-hydrogen) atoms. The lowest BCUT2D eigenvalue weighted by Gasteiger charge is -2.30. The van der Waals surface area contributed by atoms with Crippen molar-refractivity contribution in [2.75, 3.05) is 7.11 Å². The number of aliphatic hydroxyl groups is 1. The Labute approximate surface area is 203 Å². The molecule has 1 aromatic heterocycles. The van der Waals surface area contributed by atoms with Crippen LogP contribution in [0.2, 0.25) is 5.02 Å². The van der Waals surface area contributed by atoms with E-state index in [1.54, 1.807) is 12.3 Å². The minimum absolute atomic E-state index is 0.0719. The lowest BCUT2D eigenvalue weighted by Crippen LogP contribution is -2.43. The van der Waals surface area contributed by atoms with E-state index in [0.717, 1.165) is 17.7 Å². The quantitative estimate of drug-likeness (QED) is 0.305. The first-order valence-electron chi connectivity index (χ1n) is 10.5. The van der Waals surface area contributed by atoms with E-state index >= 15 is 0 Å². The van der Waals surface area contributed by atoms with Gasteiger partial charge in [0.1, 0.15) is 17.3 Å². The van der Waals surface area contributed by atoms with Crippen LogP contribution in [-0.4, -0.2) is 35.4 Å². The SMILES string of the molecule is COc1ccc(C(O)(CCC(=O)c2ccc3c(c2)N=CC3)C(F)(F)F)nc1-c1ccc(F)c(Cl)c1. The Morgan fingerprint density at radius 3 is 2.60 bits per heavy atom. The molecule has 2 heterocycles. The lowest BCUT2D eigenvalue weighted by atomic mass is 9.89. The Balaban J connectivity index is 1.67. The normalized spacial score (nSPS) is 14.5. The molecule has 0 spiro atoms. The molecule has 3 aromatic rings. The van der Waals surface area contributed by atoms with Gasteiger partial charge in [-0.15, -0.1) is 0 Å². The van der Waals surface area contributed by atoms with Gasteiger partial charge in [0.05, 0.1) is 23.5 Å². The molecule has 182 valence electrons. The molecule has 0 bridgehead atoms. The average Bonchev–Trinajstić information content (AvgIpc) is 3.31. The predicted molar refractivity (Wildman–Crippen MR) is 123 cm³/mol. The Morgan fingerprint density at radius 2 is 1.91 bits per heavy atom. The molecular formula is C25H19ClF4N2O3. The highest BCUT2D eigenvalue weighted by Crippen LogP contribution is 2.44. The molecule has 5 nitrogen and oxygen atoms in total. The summed E-state index contributed by atoms with van der Waals surface area (Å²) in [6.45, 7) is 0. The van der Waals surface area contributed by atoms with E-state index < -0.39 is 41.9 Å². The van der Waals surface area contributed by atoms with E-state index in [-0.39, 0.29) is 27.6 Å². The summed E-state index contributed by atoms with van der Waals surface area (Å²) in [7, 11) is 1.29. The molecule has 1 atom stereocenters. The number of pyridine rings is 1. The van der Waals surface area contributed by atoms with Gasteiger partial charge < -0.3 is 9.84 Å². The fourth-order valence-corrected chi connectivity index (χ4v) is 4.00. The van der Waals surface area contributed by atoms with Crippen LogP contribution in [-0.2, 0) is 12.0 Å². The molecular weight excluding hydrogens is 488 g/mol. The zero-order valence-corrected chi connectivity index (χ0v) is 19.1. The number of fused-ring (bicyclic) bond motifs is 1. The number of aliphatic imine (C=N–C) groups is 1. The molecule has 1 aliphatic heterocycles. The van der Waals surface area contributed by atoms with E-state index in [9.17, 15) is 27.5 Å². The van der Waals surface area contributed by atoms with Gasteiger partial charge in [-0.25, -0.2) is 9.37 Å². The van der Waals surface area contributed by atoms with Crippen molar-refractivity contribution in [3.8, 4) is 17.0 Å². The summed E-state index contributed by atoms with van der Waals surface area (Å²) in [4.78, 5) is 20.8. The van der Waals surface area contributed by atoms with E-state index in [4.69, 9.17) is 16.3 Å². The summed E-state index contributed by atoms with van der Waals surface area (Å²) in [5.74, 6) is -1.19. The van der Waals surface area contributed by atoms with Crippen molar-refractivity contribution in [1.29, 1.82) is 0 Å². The van der Waals surface area contributed by atoms with Gasteiger partial charge in [0.25, 0.3) is 0 Å². The molecule has 4 rings (SSSR count). The van der Waals surface area contributed by atoms with Gasteiger partial charge in [0, 0.05) is 30.2 Å². The number of halogens is 5. The molecule has 2 aromatic carbocycles. The van der Waals surface area contributed by atoms with Crippen molar-refractivity contribution in [3.63, 3.8) is 0 Å². The number of nitrogens with zero attached hydrogens (tertiary/aromatic N) is 2. The maximum atomic E-state index is 14.1. The van der Waals surface area contributed by atoms with Crippen molar-refractivity contribution >= 4 is 29.3 Å². The highest BCUT2D eigenvalue weighted by atomic mass is 35.5. The zero-order chi connectivity index (χ0) is 25.4. The van der Waals surface area contributed by atoms with E-state index in [1.807, 2.05) is 0 Å². The number of methoxy groups -OCH3 is 1. The molecule has 0 amide bonds. The topological polar surface area (TPSA) is 71.8 Å². The summed E-state index contributed by atoms with van der Waals surface area (Å²) >= 11 is 5.82. The number of ketones is 1. The summed E-state index contributed by atoms with van der Waals surface area (Å²) in [5.41, 5.74) is -2.32. The first-order valence-corrected chi connectivity index (χ1v) is 10.9. The number of rotatable bonds is 7. The Hall–Kier alpha value is -3.30. The van der Waals surface area contributed by atoms with Crippen LogP contribution in [0.1, 0.15) is 34.5 Å². The number of alkyl halides is 3. The van der Waals surface area contributed by atoms with Gasteiger partial charge in [-0.1, -0.05) is 23.7 Å². The van der Waals surface area contributed by atoms with E-state index in [2.05, 4.69) is 9.98 Å². The molecule has 0 aliphatic carbocycles. The lowest BCUT2D eigenvalue weighted by molar-refractivity contribution is -0.270. The fourth-order valence-electron chi connectivity index (χ4n) is 3.82.